The zero-order chi connectivity index (χ0) is 12.4. The summed E-state index contributed by atoms with van der Waals surface area (Å²) >= 11 is 1.63. The fourth-order valence-electron chi connectivity index (χ4n) is 1.25. The highest BCUT2D eigenvalue weighted by Gasteiger charge is 2.09. The number of ketones is 1. The molecule has 0 aromatic carbocycles. The van der Waals surface area contributed by atoms with Crippen LogP contribution in [0.4, 0.5) is 4.79 Å². The van der Waals surface area contributed by atoms with E-state index in [1.54, 1.807) is 11.8 Å². The lowest BCUT2D eigenvalue weighted by Gasteiger charge is -2.09. The first-order valence-electron chi connectivity index (χ1n) is 5.61. The summed E-state index contributed by atoms with van der Waals surface area (Å²) in [6, 6.07) is 0. The highest BCUT2D eigenvalue weighted by Crippen LogP contribution is 2.15. The van der Waals surface area contributed by atoms with Crippen molar-refractivity contribution in [3.63, 3.8) is 0 Å². The number of thioether (sulfide) groups is 1. The van der Waals surface area contributed by atoms with Gasteiger partial charge in [0.15, 0.2) is 0 Å². The molecule has 1 amide bonds. The Morgan fingerprint density at radius 2 is 2.12 bits per heavy atom. The van der Waals surface area contributed by atoms with Crippen LogP contribution in [0.15, 0.2) is 0 Å². The van der Waals surface area contributed by atoms with Gasteiger partial charge in [-0.3, -0.25) is 4.79 Å². The van der Waals surface area contributed by atoms with Crippen molar-refractivity contribution < 1.29 is 14.3 Å². The van der Waals surface area contributed by atoms with Crippen molar-refractivity contribution in [2.45, 2.75) is 44.8 Å². The van der Waals surface area contributed by atoms with Gasteiger partial charge in [0.25, 0.3) is 0 Å². The van der Waals surface area contributed by atoms with E-state index in [9.17, 15) is 9.59 Å². The molecule has 0 heterocycles. The van der Waals surface area contributed by atoms with Crippen molar-refractivity contribution in [1.29, 1.82) is 0 Å². The molecule has 0 aromatic heterocycles. The van der Waals surface area contributed by atoms with Gasteiger partial charge in [-0.1, -0.05) is 20.3 Å². The Kier molecular flexibility index (Phi) is 9.09. The molecule has 0 aliphatic rings. The Morgan fingerprint density at radius 1 is 1.44 bits per heavy atom. The second-order valence-electron chi connectivity index (χ2n) is 3.70. The van der Waals surface area contributed by atoms with Gasteiger partial charge < -0.3 is 10.5 Å². The number of carbonyl (C=O) groups is 2. The van der Waals surface area contributed by atoms with Crippen LogP contribution < -0.4 is 5.73 Å². The van der Waals surface area contributed by atoms with Gasteiger partial charge in [-0.15, -0.1) is 0 Å². The van der Waals surface area contributed by atoms with E-state index in [0.29, 0.717) is 31.0 Å². The van der Waals surface area contributed by atoms with Crippen molar-refractivity contribution in [2.24, 2.45) is 5.73 Å². The van der Waals surface area contributed by atoms with Gasteiger partial charge in [0.2, 0.25) is 0 Å². The lowest BCUT2D eigenvalue weighted by molar-refractivity contribution is -0.119. The largest absolute Gasteiger partial charge is 0.449 e. The third-order valence-electron chi connectivity index (χ3n) is 2.05. The zero-order valence-electron chi connectivity index (χ0n) is 10.0. The number of amides is 1. The first-order chi connectivity index (χ1) is 7.56. The lowest BCUT2D eigenvalue weighted by Crippen LogP contribution is -2.15. The van der Waals surface area contributed by atoms with Crippen LogP contribution in [0, 0.1) is 0 Å². The number of ether oxygens (including phenoxy) is 1. The van der Waals surface area contributed by atoms with E-state index in [0.717, 1.165) is 12.8 Å². The van der Waals surface area contributed by atoms with Gasteiger partial charge in [-0.05, 0) is 6.42 Å². The van der Waals surface area contributed by atoms with Crippen molar-refractivity contribution in [3.05, 3.63) is 0 Å². The summed E-state index contributed by atoms with van der Waals surface area (Å²) in [5.74, 6) is 1.00. The van der Waals surface area contributed by atoms with E-state index >= 15 is 0 Å². The third kappa shape index (κ3) is 9.83. The Hall–Kier alpha value is -0.710. The number of primary amides is 1. The fourth-order valence-corrected chi connectivity index (χ4v) is 2.13. The quantitative estimate of drug-likeness (QED) is 0.635. The van der Waals surface area contributed by atoms with Crippen LogP contribution in [0.3, 0.4) is 0 Å². The fraction of sp³-hybridized carbons (Fsp3) is 0.818. The number of nitrogens with two attached hydrogens (primary N) is 1. The number of hydrogen-bond donors (Lipinski definition) is 1. The van der Waals surface area contributed by atoms with Crippen LogP contribution in [0.25, 0.3) is 0 Å². The van der Waals surface area contributed by atoms with Gasteiger partial charge >= 0.3 is 6.09 Å². The van der Waals surface area contributed by atoms with Gasteiger partial charge in [0, 0.05) is 23.8 Å². The molecule has 0 bridgehead atoms. The molecular weight excluding hydrogens is 226 g/mol. The summed E-state index contributed by atoms with van der Waals surface area (Å²) in [6.45, 7) is 4.40. The van der Waals surface area contributed by atoms with Crippen molar-refractivity contribution in [2.75, 3.05) is 12.4 Å². The van der Waals surface area contributed by atoms with Crippen molar-refractivity contribution in [1.82, 2.24) is 0 Å². The van der Waals surface area contributed by atoms with E-state index in [1.807, 2.05) is 6.92 Å². The maximum absolute atomic E-state index is 11.4. The molecule has 0 fully saturated rings. The van der Waals surface area contributed by atoms with E-state index in [-0.39, 0.29) is 5.25 Å². The monoisotopic (exact) mass is 247 g/mol. The number of hydrogen-bond acceptors (Lipinski definition) is 4. The molecule has 0 rings (SSSR count). The molecule has 1 atom stereocenters. The summed E-state index contributed by atoms with van der Waals surface area (Å²) in [4.78, 5) is 21.7. The Labute approximate surface area is 101 Å². The molecule has 0 aromatic rings. The summed E-state index contributed by atoms with van der Waals surface area (Å²) in [5.41, 5.74) is 4.82. The summed E-state index contributed by atoms with van der Waals surface area (Å²) in [7, 11) is 0. The van der Waals surface area contributed by atoms with Crippen molar-refractivity contribution >= 4 is 23.6 Å². The van der Waals surface area contributed by atoms with Crippen LogP contribution in [0.5, 0.6) is 0 Å². The molecule has 94 valence electrons. The molecule has 16 heavy (non-hydrogen) atoms. The molecule has 2 N–H and O–H groups in total. The second-order valence-corrected chi connectivity index (χ2v) is 5.24. The zero-order valence-corrected chi connectivity index (χ0v) is 10.8. The van der Waals surface area contributed by atoms with Crippen LogP contribution in [-0.2, 0) is 9.53 Å². The van der Waals surface area contributed by atoms with Gasteiger partial charge in [-0.2, -0.15) is 11.8 Å². The predicted octanol–water partition coefficient (Wildman–Crippen LogP) is 2.35. The van der Waals surface area contributed by atoms with E-state index < -0.39 is 6.09 Å². The summed E-state index contributed by atoms with van der Waals surface area (Å²) < 4.78 is 4.60. The van der Waals surface area contributed by atoms with Gasteiger partial charge in [0.05, 0.1) is 0 Å². The van der Waals surface area contributed by atoms with E-state index in [2.05, 4.69) is 11.7 Å². The minimum absolute atomic E-state index is 0.279. The number of rotatable bonds is 9. The lowest BCUT2D eigenvalue weighted by atomic mass is 10.1. The Morgan fingerprint density at radius 3 is 2.69 bits per heavy atom. The topological polar surface area (TPSA) is 69.4 Å². The molecule has 1 unspecified atom stereocenters. The average Bonchev–Trinajstić information content (AvgIpc) is 2.21. The number of unbranched alkanes of at least 4 members (excludes halogenated alkanes) is 1. The van der Waals surface area contributed by atoms with E-state index in [1.165, 1.54) is 0 Å². The van der Waals surface area contributed by atoms with Crippen LogP contribution in [-0.4, -0.2) is 29.5 Å². The number of Topliss-reactive ketones (excluding diaryl/α,β-unsaturated/α-hetero) is 1. The van der Waals surface area contributed by atoms with Gasteiger partial charge in [-0.25, -0.2) is 4.79 Å². The second kappa shape index (κ2) is 9.51. The maximum Gasteiger partial charge on any atom is 0.404 e. The molecule has 0 aliphatic heterocycles. The summed E-state index contributed by atoms with van der Waals surface area (Å²) in [5, 5.41) is 0.279. The van der Waals surface area contributed by atoms with Gasteiger partial charge in [0.1, 0.15) is 12.4 Å². The summed E-state index contributed by atoms with van der Waals surface area (Å²) in [6.07, 6.45) is 2.56. The minimum atomic E-state index is -0.743. The molecule has 0 spiro atoms. The predicted molar refractivity (Wildman–Crippen MR) is 66.6 cm³/mol. The van der Waals surface area contributed by atoms with E-state index in [4.69, 9.17) is 5.73 Å². The Balaban J connectivity index is 3.46. The van der Waals surface area contributed by atoms with Crippen LogP contribution in [0.1, 0.15) is 39.5 Å². The highest BCUT2D eigenvalue weighted by molar-refractivity contribution is 7.99. The molecule has 0 saturated carbocycles. The third-order valence-corrected chi connectivity index (χ3v) is 3.19. The average molecular weight is 247 g/mol. The van der Waals surface area contributed by atoms with Crippen LogP contribution >= 0.6 is 11.8 Å². The Bertz CT molecular complexity index is 221. The minimum Gasteiger partial charge on any atom is -0.449 e. The van der Waals surface area contributed by atoms with Crippen LogP contribution in [0.2, 0.25) is 0 Å². The molecule has 4 nitrogen and oxygen atoms in total. The molecule has 0 aliphatic carbocycles. The first-order valence-corrected chi connectivity index (χ1v) is 6.66. The smallest absolute Gasteiger partial charge is 0.404 e. The highest BCUT2D eigenvalue weighted by atomic mass is 32.2. The van der Waals surface area contributed by atoms with Crippen molar-refractivity contribution in [3.8, 4) is 0 Å². The molecular formula is C11H21NO3S. The molecule has 0 radical (unpaired) electrons. The first kappa shape index (κ1) is 15.3. The number of carbonyl (C=O) groups excluding carboxylic acids is 2. The molecule has 0 saturated heterocycles. The normalized spacial score (nSPS) is 12.1. The standard InChI is InChI=1S/C11H21NO3S/c1-3-4-5-10(13)8-9(2)16-7-6-15-11(12)14/h9H,3-8H2,1-2H3,(H2,12,14). The maximum atomic E-state index is 11.4. The SMILES string of the molecule is CCCCC(=O)CC(C)SCCOC(N)=O. The molecule has 5 heteroatoms.